The van der Waals surface area contributed by atoms with Gasteiger partial charge in [-0.1, -0.05) is 6.92 Å². The van der Waals surface area contributed by atoms with Crippen LogP contribution in [0.15, 0.2) is 0 Å². The normalized spacial score (nSPS) is 24.4. The van der Waals surface area contributed by atoms with E-state index in [9.17, 15) is 9.59 Å². The second kappa shape index (κ2) is 4.44. The van der Waals surface area contributed by atoms with Gasteiger partial charge in [-0.15, -0.1) is 0 Å². The fraction of sp³-hybridized carbons (Fsp3) is 0.846. The number of likely N-dealkylation sites (tertiary alicyclic amines) is 1. The van der Waals surface area contributed by atoms with Gasteiger partial charge in [0.2, 0.25) is 0 Å². The molecule has 102 valence electrons. The van der Waals surface area contributed by atoms with Crippen molar-refractivity contribution in [3.63, 3.8) is 0 Å². The summed E-state index contributed by atoms with van der Waals surface area (Å²) in [6.45, 7) is 5.73. The zero-order chi connectivity index (χ0) is 13.4. The molecule has 1 heterocycles. The number of rotatable bonds is 3. The van der Waals surface area contributed by atoms with E-state index >= 15 is 0 Å². The van der Waals surface area contributed by atoms with E-state index in [4.69, 9.17) is 5.11 Å². The topological polar surface area (TPSA) is 69.6 Å². The van der Waals surface area contributed by atoms with Crippen LogP contribution in [0.1, 0.15) is 39.5 Å². The summed E-state index contributed by atoms with van der Waals surface area (Å²) in [5.74, 6) is -0.756. The molecule has 5 nitrogen and oxygen atoms in total. The molecule has 2 aliphatic rings. The monoisotopic (exact) mass is 254 g/mol. The Labute approximate surface area is 108 Å². The van der Waals surface area contributed by atoms with Gasteiger partial charge < -0.3 is 15.3 Å². The molecule has 1 saturated carbocycles. The number of amides is 2. The fourth-order valence-corrected chi connectivity index (χ4v) is 2.21. The summed E-state index contributed by atoms with van der Waals surface area (Å²) in [7, 11) is 0. The van der Waals surface area contributed by atoms with Gasteiger partial charge in [-0.2, -0.15) is 0 Å². The van der Waals surface area contributed by atoms with Crippen molar-refractivity contribution >= 4 is 12.0 Å². The SMILES string of the molecule is CC1(CNC(=O)N2CCC(C)(C(=O)O)CC2)CC1. The molecular formula is C13H22N2O3. The van der Waals surface area contributed by atoms with Crippen molar-refractivity contribution in [1.29, 1.82) is 0 Å². The van der Waals surface area contributed by atoms with Crippen molar-refractivity contribution in [3.8, 4) is 0 Å². The number of carbonyl (C=O) groups excluding carboxylic acids is 1. The first-order chi connectivity index (χ1) is 8.35. The lowest BCUT2D eigenvalue weighted by Crippen LogP contribution is -2.49. The number of urea groups is 1. The van der Waals surface area contributed by atoms with E-state index in [0.717, 1.165) is 6.54 Å². The Bertz CT molecular complexity index is 355. The molecule has 18 heavy (non-hydrogen) atoms. The molecule has 0 unspecified atom stereocenters. The third kappa shape index (κ3) is 2.76. The molecule has 2 rings (SSSR count). The standard InChI is InChI=1S/C13H22N2O3/c1-12(3-4-12)9-14-11(18)15-7-5-13(2,6-8-15)10(16)17/h3-9H2,1-2H3,(H,14,18)(H,16,17). The molecule has 0 aromatic rings. The van der Waals surface area contributed by atoms with Crippen molar-refractivity contribution in [2.24, 2.45) is 10.8 Å². The summed E-state index contributed by atoms with van der Waals surface area (Å²) in [6, 6.07) is -0.0458. The van der Waals surface area contributed by atoms with Crippen molar-refractivity contribution < 1.29 is 14.7 Å². The Morgan fingerprint density at radius 2 is 1.72 bits per heavy atom. The Morgan fingerprint density at radius 3 is 2.17 bits per heavy atom. The number of hydrogen-bond acceptors (Lipinski definition) is 2. The summed E-state index contributed by atoms with van der Waals surface area (Å²) >= 11 is 0. The summed E-state index contributed by atoms with van der Waals surface area (Å²) in [6.07, 6.45) is 3.44. The van der Waals surface area contributed by atoms with Crippen LogP contribution >= 0.6 is 0 Å². The zero-order valence-corrected chi connectivity index (χ0v) is 11.2. The number of nitrogens with zero attached hydrogens (tertiary/aromatic N) is 1. The molecule has 2 amide bonds. The quantitative estimate of drug-likeness (QED) is 0.805. The van der Waals surface area contributed by atoms with E-state index in [-0.39, 0.29) is 6.03 Å². The van der Waals surface area contributed by atoms with Gasteiger partial charge in [-0.3, -0.25) is 4.79 Å². The Hall–Kier alpha value is -1.26. The van der Waals surface area contributed by atoms with Gasteiger partial charge in [-0.25, -0.2) is 4.79 Å². The summed E-state index contributed by atoms with van der Waals surface area (Å²) in [4.78, 5) is 24.8. The number of carboxylic acids is 1. The molecule has 2 N–H and O–H groups in total. The van der Waals surface area contributed by atoms with Gasteiger partial charge >= 0.3 is 12.0 Å². The van der Waals surface area contributed by atoms with Crippen LogP contribution in [-0.2, 0) is 4.79 Å². The van der Waals surface area contributed by atoms with Crippen LogP contribution in [0.25, 0.3) is 0 Å². The maximum atomic E-state index is 11.9. The maximum absolute atomic E-state index is 11.9. The van der Waals surface area contributed by atoms with Crippen molar-refractivity contribution in [1.82, 2.24) is 10.2 Å². The smallest absolute Gasteiger partial charge is 0.317 e. The van der Waals surface area contributed by atoms with E-state index in [0.29, 0.717) is 31.3 Å². The third-order valence-electron chi connectivity index (χ3n) is 4.44. The van der Waals surface area contributed by atoms with E-state index in [2.05, 4.69) is 12.2 Å². The average Bonchev–Trinajstić information content (AvgIpc) is 3.06. The first kappa shape index (κ1) is 13.2. The van der Waals surface area contributed by atoms with Crippen molar-refractivity contribution in [3.05, 3.63) is 0 Å². The lowest BCUT2D eigenvalue weighted by Gasteiger charge is -2.36. The summed E-state index contributed by atoms with van der Waals surface area (Å²) in [5, 5.41) is 12.1. The Balaban J connectivity index is 1.78. The first-order valence-electron chi connectivity index (χ1n) is 6.61. The zero-order valence-electron chi connectivity index (χ0n) is 11.2. The molecule has 0 aromatic carbocycles. The second-order valence-electron chi connectivity index (χ2n) is 6.32. The molecular weight excluding hydrogens is 232 g/mol. The van der Waals surface area contributed by atoms with Crippen LogP contribution in [0, 0.1) is 10.8 Å². The average molecular weight is 254 g/mol. The third-order valence-corrected chi connectivity index (χ3v) is 4.44. The molecule has 5 heteroatoms. The minimum Gasteiger partial charge on any atom is -0.481 e. The summed E-state index contributed by atoms with van der Waals surface area (Å²) < 4.78 is 0. The molecule has 0 atom stereocenters. The Kier molecular flexibility index (Phi) is 3.25. The van der Waals surface area contributed by atoms with Crippen LogP contribution in [-0.4, -0.2) is 41.6 Å². The van der Waals surface area contributed by atoms with Gasteiger partial charge in [0.15, 0.2) is 0 Å². The van der Waals surface area contributed by atoms with E-state index in [1.165, 1.54) is 12.8 Å². The molecule has 0 aromatic heterocycles. The van der Waals surface area contributed by atoms with Crippen LogP contribution in [0.4, 0.5) is 4.79 Å². The number of nitrogens with one attached hydrogen (secondary N) is 1. The first-order valence-corrected chi connectivity index (χ1v) is 6.61. The van der Waals surface area contributed by atoms with Gasteiger partial charge in [0, 0.05) is 19.6 Å². The predicted molar refractivity (Wildman–Crippen MR) is 67.3 cm³/mol. The Morgan fingerprint density at radius 1 is 1.17 bits per heavy atom. The largest absolute Gasteiger partial charge is 0.481 e. The predicted octanol–water partition coefficient (Wildman–Crippen LogP) is 1.68. The highest BCUT2D eigenvalue weighted by Gasteiger charge is 2.40. The van der Waals surface area contributed by atoms with E-state index < -0.39 is 11.4 Å². The van der Waals surface area contributed by atoms with Crippen LogP contribution in [0.2, 0.25) is 0 Å². The van der Waals surface area contributed by atoms with E-state index in [1.807, 2.05) is 0 Å². The number of hydrogen-bond donors (Lipinski definition) is 2. The fourth-order valence-electron chi connectivity index (χ4n) is 2.21. The summed E-state index contributed by atoms with van der Waals surface area (Å²) in [5.41, 5.74) is -0.361. The second-order valence-corrected chi connectivity index (χ2v) is 6.32. The highest BCUT2D eigenvalue weighted by molar-refractivity contribution is 5.77. The number of carboxylic acid groups (broad SMARTS) is 1. The number of aliphatic carboxylic acids is 1. The highest BCUT2D eigenvalue weighted by atomic mass is 16.4. The molecule has 0 radical (unpaired) electrons. The minimum absolute atomic E-state index is 0.0458. The number of piperidine rings is 1. The van der Waals surface area contributed by atoms with Gasteiger partial charge in [0.25, 0.3) is 0 Å². The highest BCUT2D eigenvalue weighted by Crippen LogP contribution is 2.44. The number of carbonyl (C=O) groups is 2. The molecule has 1 saturated heterocycles. The molecule has 0 bridgehead atoms. The molecule has 1 aliphatic carbocycles. The van der Waals surface area contributed by atoms with Gasteiger partial charge in [-0.05, 0) is 38.0 Å². The molecule has 2 fully saturated rings. The van der Waals surface area contributed by atoms with Crippen molar-refractivity contribution in [2.75, 3.05) is 19.6 Å². The van der Waals surface area contributed by atoms with Gasteiger partial charge in [0.05, 0.1) is 5.41 Å². The minimum atomic E-state index is -0.756. The molecule has 1 aliphatic heterocycles. The van der Waals surface area contributed by atoms with E-state index in [1.54, 1.807) is 11.8 Å². The van der Waals surface area contributed by atoms with Crippen LogP contribution in [0.3, 0.4) is 0 Å². The van der Waals surface area contributed by atoms with Crippen LogP contribution < -0.4 is 5.32 Å². The van der Waals surface area contributed by atoms with Crippen LogP contribution in [0.5, 0.6) is 0 Å². The maximum Gasteiger partial charge on any atom is 0.317 e. The molecule has 0 spiro atoms. The van der Waals surface area contributed by atoms with Crippen molar-refractivity contribution in [2.45, 2.75) is 39.5 Å². The lowest BCUT2D eigenvalue weighted by molar-refractivity contribution is -0.150. The van der Waals surface area contributed by atoms with Gasteiger partial charge in [0.1, 0.15) is 0 Å². The lowest BCUT2D eigenvalue weighted by atomic mass is 9.80.